The summed E-state index contributed by atoms with van der Waals surface area (Å²) in [6, 6.07) is 6.98. The number of nitrogen functional groups attached to an aromatic ring is 1. The van der Waals surface area contributed by atoms with E-state index in [-0.39, 0.29) is 0 Å². The molecule has 0 atom stereocenters. The molecular weight excluding hydrogens is 200 g/mol. The van der Waals surface area contributed by atoms with Crippen LogP contribution in [-0.4, -0.2) is 15.0 Å². The maximum atomic E-state index is 5.75. The number of halogens is 1. The van der Waals surface area contributed by atoms with Crippen molar-refractivity contribution in [3.8, 4) is 11.4 Å². The van der Waals surface area contributed by atoms with Crippen LogP contribution in [0.5, 0.6) is 0 Å². The van der Waals surface area contributed by atoms with Gasteiger partial charge in [-0.2, -0.15) is 0 Å². The average Bonchev–Trinajstić information content (AvgIpc) is 2.18. The lowest BCUT2D eigenvalue weighted by Crippen LogP contribution is -1.93. The summed E-state index contributed by atoms with van der Waals surface area (Å²) < 4.78 is 0. The van der Waals surface area contributed by atoms with Gasteiger partial charge in [0.2, 0.25) is 0 Å². The van der Waals surface area contributed by atoms with Gasteiger partial charge < -0.3 is 5.73 Å². The quantitative estimate of drug-likeness (QED) is 0.723. The first-order valence-corrected chi connectivity index (χ1v) is 4.34. The third-order valence-electron chi connectivity index (χ3n) is 1.67. The lowest BCUT2D eigenvalue weighted by molar-refractivity contribution is 1.16. The Morgan fingerprint density at radius 2 is 2.00 bits per heavy atom. The van der Waals surface area contributed by atoms with Crippen molar-refractivity contribution >= 4 is 17.4 Å². The van der Waals surface area contributed by atoms with E-state index in [0.717, 1.165) is 0 Å². The standard InChI is InChI=1S/C9H7ClN4/c10-8-3-1-2-6(14-8)7-4-9(11)13-5-12-7/h1-5H,(H2,11,12,13). The summed E-state index contributed by atoms with van der Waals surface area (Å²) in [6.07, 6.45) is 1.40. The number of anilines is 1. The summed E-state index contributed by atoms with van der Waals surface area (Å²) in [6.45, 7) is 0. The summed E-state index contributed by atoms with van der Waals surface area (Å²) in [4.78, 5) is 11.9. The molecule has 0 saturated carbocycles. The van der Waals surface area contributed by atoms with Crippen LogP contribution in [0.15, 0.2) is 30.6 Å². The molecule has 2 aromatic rings. The Labute approximate surface area is 85.8 Å². The van der Waals surface area contributed by atoms with Gasteiger partial charge in [-0.25, -0.2) is 15.0 Å². The number of nitrogens with two attached hydrogens (primary N) is 1. The third kappa shape index (κ3) is 1.80. The van der Waals surface area contributed by atoms with E-state index in [2.05, 4.69) is 15.0 Å². The van der Waals surface area contributed by atoms with Crippen LogP contribution in [0.3, 0.4) is 0 Å². The summed E-state index contributed by atoms with van der Waals surface area (Å²) in [5, 5.41) is 0.430. The molecule has 2 aromatic heterocycles. The van der Waals surface area contributed by atoms with E-state index in [1.165, 1.54) is 6.33 Å². The Morgan fingerprint density at radius 3 is 2.71 bits per heavy atom. The first kappa shape index (κ1) is 8.90. The minimum atomic E-state index is 0.414. The molecule has 0 unspecified atom stereocenters. The molecule has 0 aliphatic carbocycles. The molecule has 0 saturated heterocycles. The lowest BCUT2D eigenvalue weighted by atomic mass is 10.2. The van der Waals surface area contributed by atoms with Crippen LogP contribution in [-0.2, 0) is 0 Å². The number of rotatable bonds is 1. The number of pyridine rings is 1. The molecule has 0 bridgehead atoms. The first-order valence-electron chi connectivity index (χ1n) is 3.96. The second kappa shape index (κ2) is 3.59. The molecule has 5 heteroatoms. The maximum absolute atomic E-state index is 5.75. The largest absolute Gasteiger partial charge is 0.384 e. The second-order valence-electron chi connectivity index (χ2n) is 2.67. The van der Waals surface area contributed by atoms with E-state index < -0.39 is 0 Å². The van der Waals surface area contributed by atoms with Gasteiger partial charge in [-0.1, -0.05) is 17.7 Å². The highest BCUT2D eigenvalue weighted by atomic mass is 35.5. The van der Waals surface area contributed by atoms with E-state index in [0.29, 0.717) is 22.4 Å². The highest BCUT2D eigenvalue weighted by Gasteiger charge is 2.01. The van der Waals surface area contributed by atoms with Crippen molar-refractivity contribution < 1.29 is 0 Å². The van der Waals surface area contributed by atoms with Crippen molar-refractivity contribution in [1.82, 2.24) is 15.0 Å². The normalized spacial score (nSPS) is 10.1. The van der Waals surface area contributed by atoms with Gasteiger partial charge in [-0.15, -0.1) is 0 Å². The number of nitrogens with zero attached hydrogens (tertiary/aromatic N) is 3. The van der Waals surface area contributed by atoms with Gasteiger partial charge in [0.05, 0.1) is 11.4 Å². The molecule has 0 aliphatic heterocycles. The Bertz CT molecular complexity index is 415. The molecular formula is C9H7ClN4. The van der Waals surface area contributed by atoms with Crippen molar-refractivity contribution in [2.24, 2.45) is 0 Å². The Balaban J connectivity index is 2.49. The van der Waals surface area contributed by atoms with Gasteiger partial charge in [0.1, 0.15) is 17.3 Å². The summed E-state index contributed by atoms with van der Waals surface area (Å²) in [5.74, 6) is 0.414. The SMILES string of the molecule is Nc1cc(-c2cccc(Cl)n2)ncn1. The predicted octanol–water partition coefficient (Wildman–Crippen LogP) is 1.77. The number of hydrogen-bond acceptors (Lipinski definition) is 4. The lowest BCUT2D eigenvalue weighted by Gasteiger charge is -1.99. The van der Waals surface area contributed by atoms with Crippen LogP contribution in [0.25, 0.3) is 11.4 Å². The summed E-state index contributed by atoms with van der Waals surface area (Å²) in [5.41, 5.74) is 6.88. The molecule has 0 spiro atoms. The van der Waals surface area contributed by atoms with Gasteiger partial charge in [-0.05, 0) is 12.1 Å². The van der Waals surface area contributed by atoms with Crippen molar-refractivity contribution in [2.45, 2.75) is 0 Å². The Morgan fingerprint density at radius 1 is 1.14 bits per heavy atom. The van der Waals surface area contributed by atoms with Crippen LogP contribution < -0.4 is 5.73 Å². The van der Waals surface area contributed by atoms with E-state index >= 15 is 0 Å². The van der Waals surface area contributed by atoms with Crippen LogP contribution in [0.2, 0.25) is 5.15 Å². The number of hydrogen-bond donors (Lipinski definition) is 1. The second-order valence-corrected chi connectivity index (χ2v) is 3.06. The predicted molar refractivity (Wildman–Crippen MR) is 54.7 cm³/mol. The van der Waals surface area contributed by atoms with Gasteiger partial charge >= 0.3 is 0 Å². The molecule has 2 N–H and O–H groups in total. The zero-order valence-electron chi connectivity index (χ0n) is 7.18. The molecule has 0 amide bonds. The van der Waals surface area contributed by atoms with Crippen LogP contribution in [0, 0.1) is 0 Å². The summed E-state index contributed by atoms with van der Waals surface area (Å²) >= 11 is 5.75. The molecule has 0 radical (unpaired) electrons. The zero-order valence-corrected chi connectivity index (χ0v) is 7.94. The third-order valence-corrected chi connectivity index (χ3v) is 1.88. The minimum Gasteiger partial charge on any atom is -0.384 e. The van der Waals surface area contributed by atoms with Crippen LogP contribution in [0.1, 0.15) is 0 Å². The highest BCUT2D eigenvalue weighted by Crippen LogP contribution is 2.16. The molecule has 70 valence electrons. The van der Waals surface area contributed by atoms with Crippen molar-refractivity contribution in [3.05, 3.63) is 35.7 Å². The average molecular weight is 207 g/mol. The Kier molecular flexibility index (Phi) is 2.28. The minimum absolute atomic E-state index is 0.414. The summed E-state index contributed by atoms with van der Waals surface area (Å²) in [7, 11) is 0. The van der Waals surface area contributed by atoms with E-state index in [9.17, 15) is 0 Å². The van der Waals surface area contributed by atoms with Crippen molar-refractivity contribution in [3.63, 3.8) is 0 Å². The fourth-order valence-corrected chi connectivity index (χ4v) is 1.23. The van der Waals surface area contributed by atoms with Gasteiger partial charge in [0.25, 0.3) is 0 Å². The first-order chi connectivity index (χ1) is 6.75. The topological polar surface area (TPSA) is 64.7 Å². The highest BCUT2D eigenvalue weighted by molar-refractivity contribution is 6.29. The molecule has 14 heavy (non-hydrogen) atoms. The monoisotopic (exact) mass is 206 g/mol. The Hall–Kier alpha value is -1.68. The van der Waals surface area contributed by atoms with Crippen LogP contribution >= 0.6 is 11.6 Å². The smallest absolute Gasteiger partial charge is 0.129 e. The molecule has 0 aromatic carbocycles. The molecule has 2 rings (SSSR count). The van der Waals surface area contributed by atoms with E-state index in [1.807, 2.05) is 12.1 Å². The van der Waals surface area contributed by atoms with Gasteiger partial charge in [-0.3, -0.25) is 0 Å². The number of aromatic nitrogens is 3. The maximum Gasteiger partial charge on any atom is 0.129 e. The zero-order chi connectivity index (χ0) is 9.97. The van der Waals surface area contributed by atoms with Gasteiger partial charge in [0, 0.05) is 6.07 Å². The molecule has 4 nitrogen and oxygen atoms in total. The molecule has 0 fully saturated rings. The molecule has 0 aliphatic rings. The fourth-order valence-electron chi connectivity index (χ4n) is 1.06. The van der Waals surface area contributed by atoms with Crippen LogP contribution in [0.4, 0.5) is 5.82 Å². The van der Waals surface area contributed by atoms with Gasteiger partial charge in [0.15, 0.2) is 0 Å². The van der Waals surface area contributed by atoms with Crippen molar-refractivity contribution in [2.75, 3.05) is 5.73 Å². The molecule has 2 heterocycles. The van der Waals surface area contributed by atoms with E-state index in [1.54, 1.807) is 12.1 Å². The van der Waals surface area contributed by atoms with E-state index in [4.69, 9.17) is 17.3 Å². The van der Waals surface area contributed by atoms with Crippen molar-refractivity contribution in [1.29, 1.82) is 0 Å². The fraction of sp³-hybridized carbons (Fsp3) is 0.